The molecule has 2 aliphatic heterocycles. The zero-order chi connectivity index (χ0) is 32.8. The Hall–Kier alpha value is -4.70. The Morgan fingerprint density at radius 3 is 2.06 bits per heavy atom. The molecule has 240 valence electrons. The van der Waals surface area contributed by atoms with Crippen molar-refractivity contribution in [2.75, 3.05) is 31.1 Å². The topological polar surface area (TPSA) is 31.7 Å². The molecule has 1 saturated heterocycles. The molecule has 0 atom stereocenters. The Labute approximate surface area is 285 Å². The van der Waals surface area contributed by atoms with E-state index in [0.717, 1.165) is 62.1 Å². The summed E-state index contributed by atoms with van der Waals surface area (Å²) >= 11 is 0. The van der Waals surface area contributed by atoms with Gasteiger partial charge in [-0.15, -0.1) is 0 Å². The second kappa shape index (κ2) is 10.4. The van der Waals surface area contributed by atoms with E-state index in [4.69, 9.17) is 9.98 Å². The van der Waals surface area contributed by atoms with Crippen LogP contribution in [0, 0.1) is 0 Å². The van der Waals surface area contributed by atoms with Gasteiger partial charge < -0.3 is 4.90 Å². The second-order valence-corrected chi connectivity index (χ2v) is 15.6. The lowest BCUT2D eigenvalue weighted by atomic mass is 9.55. The van der Waals surface area contributed by atoms with Crippen LogP contribution in [0.15, 0.2) is 108 Å². The van der Waals surface area contributed by atoms with Crippen LogP contribution in [0.1, 0.15) is 86.4 Å². The number of nitrogens with zero attached hydrogens (tertiary/aromatic N) is 4. The summed E-state index contributed by atoms with van der Waals surface area (Å²) in [6.45, 7) is 15.8. The van der Waals surface area contributed by atoms with Gasteiger partial charge in [-0.25, -0.2) is 4.98 Å². The van der Waals surface area contributed by atoms with E-state index in [-0.39, 0.29) is 10.8 Å². The minimum atomic E-state index is -0.404. The fourth-order valence-electron chi connectivity index (χ4n) is 9.11. The van der Waals surface area contributed by atoms with E-state index in [2.05, 4.69) is 148 Å². The molecule has 9 rings (SSSR count). The molecule has 48 heavy (non-hydrogen) atoms. The molecule has 1 aromatic heterocycles. The molecular formula is C44H44N4. The van der Waals surface area contributed by atoms with Gasteiger partial charge in [0.15, 0.2) is 0 Å². The van der Waals surface area contributed by atoms with E-state index < -0.39 is 5.41 Å². The predicted molar refractivity (Wildman–Crippen MR) is 198 cm³/mol. The average molecular weight is 629 g/mol. The molecule has 0 bridgehead atoms. The molecule has 4 heteroatoms. The van der Waals surface area contributed by atoms with Gasteiger partial charge in [-0.05, 0) is 86.5 Å². The number of rotatable bonds is 2. The van der Waals surface area contributed by atoms with Crippen molar-refractivity contribution in [3.63, 3.8) is 0 Å². The highest BCUT2D eigenvalue weighted by Crippen LogP contribution is 2.62. The number of hydrogen-bond donors (Lipinski definition) is 0. The highest BCUT2D eigenvalue weighted by Gasteiger charge is 2.53. The third-order valence-corrected chi connectivity index (χ3v) is 11.5. The van der Waals surface area contributed by atoms with E-state index in [9.17, 15) is 0 Å². The largest absolute Gasteiger partial charge is 0.342 e. The number of hydrogen-bond acceptors (Lipinski definition) is 4. The summed E-state index contributed by atoms with van der Waals surface area (Å²) < 4.78 is 0. The zero-order valence-electron chi connectivity index (χ0n) is 28.8. The monoisotopic (exact) mass is 628 g/mol. The maximum absolute atomic E-state index is 5.30. The average Bonchev–Trinajstić information content (AvgIpc) is 3.40. The first-order valence-electron chi connectivity index (χ1n) is 17.7. The lowest BCUT2D eigenvalue weighted by molar-refractivity contribution is 0.359. The number of benzene rings is 4. The van der Waals surface area contributed by atoms with E-state index in [1.807, 2.05) is 0 Å². The van der Waals surface area contributed by atoms with E-state index in [1.165, 1.54) is 50.1 Å². The SMILES string of the molecule is CC(C)(C)c1ccc2c(c1)C1(c3ccc(-c4cccc(N5CCCN6CCCN=C65)n4)cc3-2)c2ccccc2C(C)(C)c2ccccc21. The molecule has 0 unspecified atom stereocenters. The van der Waals surface area contributed by atoms with Gasteiger partial charge in [0, 0.05) is 37.2 Å². The summed E-state index contributed by atoms with van der Waals surface area (Å²) in [7, 11) is 0. The number of fused-ring (bicyclic) bond motifs is 10. The smallest absolute Gasteiger partial charge is 0.202 e. The molecule has 4 aromatic carbocycles. The lowest BCUT2D eigenvalue weighted by Crippen LogP contribution is -2.52. The fourth-order valence-corrected chi connectivity index (χ4v) is 9.11. The van der Waals surface area contributed by atoms with Crippen LogP contribution < -0.4 is 4.90 Å². The molecular weight excluding hydrogens is 585 g/mol. The van der Waals surface area contributed by atoms with Crippen LogP contribution in [0.2, 0.25) is 0 Å². The van der Waals surface area contributed by atoms with Crippen molar-refractivity contribution in [3.8, 4) is 22.4 Å². The third kappa shape index (κ3) is 4.07. The van der Waals surface area contributed by atoms with Gasteiger partial charge in [0.25, 0.3) is 0 Å². The summed E-state index contributed by atoms with van der Waals surface area (Å²) in [5.74, 6) is 2.08. The normalized spacial score (nSPS) is 18.4. The van der Waals surface area contributed by atoms with Gasteiger partial charge in [-0.1, -0.05) is 120 Å². The molecule has 0 amide bonds. The Bertz CT molecular complexity index is 2080. The quantitative estimate of drug-likeness (QED) is 0.192. The highest BCUT2D eigenvalue weighted by molar-refractivity contribution is 5.97. The maximum Gasteiger partial charge on any atom is 0.202 e. The first-order valence-corrected chi connectivity index (χ1v) is 17.7. The summed E-state index contributed by atoms with van der Waals surface area (Å²) in [6, 6.07) is 39.3. The molecule has 4 nitrogen and oxygen atoms in total. The number of aromatic nitrogens is 1. The second-order valence-electron chi connectivity index (χ2n) is 15.6. The highest BCUT2D eigenvalue weighted by atomic mass is 15.4. The number of aliphatic imine (C=N–C) groups is 1. The van der Waals surface area contributed by atoms with Crippen molar-refractivity contribution in [2.45, 2.75) is 63.7 Å². The van der Waals surface area contributed by atoms with Gasteiger partial charge in [-0.3, -0.25) is 9.89 Å². The van der Waals surface area contributed by atoms with Crippen LogP contribution in [-0.2, 0) is 16.2 Å². The molecule has 4 aliphatic rings. The van der Waals surface area contributed by atoms with E-state index in [1.54, 1.807) is 0 Å². The molecule has 2 aliphatic carbocycles. The molecule has 1 fully saturated rings. The summed E-state index contributed by atoms with van der Waals surface area (Å²) in [6.07, 6.45) is 2.26. The molecule has 0 saturated carbocycles. The fraction of sp³-hybridized carbons (Fsp3) is 0.318. The van der Waals surface area contributed by atoms with Crippen LogP contribution in [0.3, 0.4) is 0 Å². The minimum Gasteiger partial charge on any atom is -0.342 e. The Kier molecular flexibility index (Phi) is 6.38. The third-order valence-electron chi connectivity index (χ3n) is 11.5. The first kappa shape index (κ1) is 29.4. The van der Waals surface area contributed by atoms with Crippen molar-refractivity contribution in [1.29, 1.82) is 0 Å². The van der Waals surface area contributed by atoms with E-state index >= 15 is 0 Å². The van der Waals surface area contributed by atoms with Crippen LogP contribution in [0.25, 0.3) is 22.4 Å². The number of anilines is 1. The Balaban J connectivity index is 1.27. The van der Waals surface area contributed by atoms with Crippen molar-refractivity contribution < 1.29 is 0 Å². The summed E-state index contributed by atoms with van der Waals surface area (Å²) in [5, 5.41) is 0. The van der Waals surface area contributed by atoms with Gasteiger partial charge in [0.05, 0.1) is 11.1 Å². The maximum atomic E-state index is 5.30. The van der Waals surface area contributed by atoms with Crippen molar-refractivity contribution >= 4 is 11.8 Å². The molecule has 5 aromatic rings. The standard InChI is InChI=1S/C44H44N4/c1-42(2,3)30-20-21-31-32-27-29(39-17-10-18-40(46-39)48-26-12-25-47-24-11-23-45-41(47)48)19-22-33(32)44(38(31)28-30)36-15-8-6-13-34(36)43(4,5)35-14-7-9-16-37(35)44/h6-10,13-22,27-28H,11-12,23-26H2,1-5H3. The molecule has 1 spiro atoms. The first-order chi connectivity index (χ1) is 23.2. The zero-order valence-corrected chi connectivity index (χ0v) is 28.8. The van der Waals surface area contributed by atoms with Crippen molar-refractivity contribution in [1.82, 2.24) is 9.88 Å². The predicted octanol–water partition coefficient (Wildman–Crippen LogP) is 9.32. The van der Waals surface area contributed by atoms with Gasteiger partial charge in [-0.2, -0.15) is 0 Å². The van der Waals surface area contributed by atoms with Gasteiger partial charge in [0.1, 0.15) is 5.82 Å². The summed E-state index contributed by atoms with van der Waals surface area (Å²) in [5.41, 5.74) is 14.0. The van der Waals surface area contributed by atoms with E-state index in [0.29, 0.717) is 0 Å². The van der Waals surface area contributed by atoms with Crippen molar-refractivity contribution in [3.05, 3.63) is 142 Å². The molecule has 3 heterocycles. The molecule has 0 N–H and O–H groups in total. The summed E-state index contributed by atoms with van der Waals surface area (Å²) in [4.78, 5) is 15.0. The van der Waals surface area contributed by atoms with Gasteiger partial charge in [0.2, 0.25) is 5.96 Å². The minimum absolute atomic E-state index is 0.0279. The van der Waals surface area contributed by atoms with Crippen LogP contribution >= 0.6 is 0 Å². The molecule has 0 radical (unpaired) electrons. The number of pyridine rings is 1. The lowest BCUT2D eigenvalue weighted by Gasteiger charge is -2.46. The van der Waals surface area contributed by atoms with Crippen molar-refractivity contribution in [2.24, 2.45) is 4.99 Å². The Morgan fingerprint density at radius 2 is 1.33 bits per heavy atom. The van der Waals surface area contributed by atoms with Crippen LogP contribution in [0.5, 0.6) is 0 Å². The number of guanidine groups is 1. The van der Waals surface area contributed by atoms with Crippen LogP contribution in [-0.4, -0.2) is 42.0 Å². The Morgan fingerprint density at radius 1 is 0.625 bits per heavy atom. The van der Waals surface area contributed by atoms with Gasteiger partial charge >= 0.3 is 0 Å². The van der Waals surface area contributed by atoms with Crippen LogP contribution in [0.4, 0.5) is 5.82 Å².